The topological polar surface area (TPSA) is 24.5 Å². The van der Waals surface area contributed by atoms with Crippen LogP contribution in [-0.2, 0) is 6.42 Å². The highest BCUT2D eigenvalue weighted by atomic mass is 16.5. The van der Waals surface area contributed by atoms with E-state index >= 15 is 0 Å². The van der Waals surface area contributed by atoms with Gasteiger partial charge in [0.25, 0.3) is 0 Å². The molecule has 3 nitrogen and oxygen atoms in total. The van der Waals surface area contributed by atoms with Crippen LogP contribution in [0.1, 0.15) is 30.5 Å². The van der Waals surface area contributed by atoms with Crippen LogP contribution >= 0.6 is 0 Å². The van der Waals surface area contributed by atoms with Crippen molar-refractivity contribution in [3.05, 3.63) is 29.3 Å². The van der Waals surface area contributed by atoms with Gasteiger partial charge in [0.1, 0.15) is 5.75 Å². The lowest BCUT2D eigenvalue weighted by Gasteiger charge is -2.16. The van der Waals surface area contributed by atoms with E-state index in [2.05, 4.69) is 49.4 Å². The lowest BCUT2D eigenvalue weighted by Crippen LogP contribution is -2.23. The van der Waals surface area contributed by atoms with Gasteiger partial charge in [-0.3, -0.25) is 0 Å². The van der Waals surface area contributed by atoms with Gasteiger partial charge in [-0.15, -0.1) is 0 Å². The van der Waals surface area contributed by atoms with Gasteiger partial charge in [-0.2, -0.15) is 0 Å². The zero-order valence-corrected chi connectivity index (χ0v) is 11.7. The number of ether oxygens (including phenoxy) is 1. The normalized spacial score (nSPS) is 15.6. The first-order valence-corrected chi connectivity index (χ1v) is 6.80. The minimum absolute atomic E-state index is 0.415. The number of fused-ring (bicyclic) bond motifs is 1. The first-order chi connectivity index (χ1) is 8.66. The fraction of sp³-hybridized carbons (Fsp3) is 0.600. The van der Waals surface area contributed by atoms with Crippen LogP contribution in [0.25, 0.3) is 0 Å². The summed E-state index contributed by atoms with van der Waals surface area (Å²) in [4.78, 5) is 2.22. The van der Waals surface area contributed by atoms with E-state index in [4.69, 9.17) is 4.74 Å². The first kappa shape index (κ1) is 13.4. The van der Waals surface area contributed by atoms with Crippen LogP contribution in [0.5, 0.6) is 5.75 Å². The van der Waals surface area contributed by atoms with E-state index in [-0.39, 0.29) is 0 Å². The van der Waals surface area contributed by atoms with Crippen LogP contribution in [0.4, 0.5) is 0 Å². The van der Waals surface area contributed by atoms with Crippen molar-refractivity contribution >= 4 is 0 Å². The molecule has 0 fully saturated rings. The highest BCUT2D eigenvalue weighted by Gasteiger charge is 2.14. The van der Waals surface area contributed by atoms with E-state index in [1.807, 2.05) is 0 Å². The molecule has 2 rings (SSSR count). The summed E-state index contributed by atoms with van der Waals surface area (Å²) in [6, 6.07) is 6.98. The zero-order valence-electron chi connectivity index (χ0n) is 11.7. The van der Waals surface area contributed by atoms with Crippen molar-refractivity contribution in [2.24, 2.45) is 0 Å². The van der Waals surface area contributed by atoms with Gasteiger partial charge in [0.15, 0.2) is 0 Å². The van der Waals surface area contributed by atoms with Crippen molar-refractivity contribution in [3.63, 3.8) is 0 Å². The number of rotatable bonds is 6. The molecular weight excluding hydrogens is 224 g/mol. The quantitative estimate of drug-likeness (QED) is 0.781. The Balaban J connectivity index is 1.83. The third-order valence-corrected chi connectivity index (χ3v) is 3.45. The first-order valence-electron chi connectivity index (χ1n) is 6.80. The molecule has 1 aromatic carbocycles. The molecule has 0 bridgehead atoms. The van der Waals surface area contributed by atoms with Crippen LogP contribution in [0.2, 0.25) is 0 Å². The van der Waals surface area contributed by atoms with Gasteiger partial charge >= 0.3 is 0 Å². The molecule has 1 atom stereocenters. The SMILES string of the molecule is CC(NCCCN(C)C)c1ccc2c(c1)CCO2. The molecular formula is C15H24N2O. The van der Waals surface area contributed by atoms with Gasteiger partial charge in [0.2, 0.25) is 0 Å². The average Bonchev–Trinajstić information content (AvgIpc) is 2.81. The second-order valence-electron chi connectivity index (χ2n) is 5.30. The van der Waals surface area contributed by atoms with Gasteiger partial charge in [-0.1, -0.05) is 12.1 Å². The van der Waals surface area contributed by atoms with Gasteiger partial charge in [0, 0.05) is 12.5 Å². The van der Waals surface area contributed by atoms with Crippen LogP contribution in [0.3, 0.4) is 0 Å². The number of nitrogens with one attached hydrogen (secondary N) is 1. The Labute approximate surface area is 110 Å². The summed E-state index contributed by atoms with van der Waals surface area (Å²) >= 11 is 0. The van der Waals surface area contributed by atoms with Crippen molar-refractivity contribution < 1.29 is 4.74 Å². The van der Waals surface area contributed by atoms with Gasteiger partial charge < -0.3 is 15.0 Å². The maximum absolute atomic E-state index is 5.53. The molecule has 0 radical (unpaired) electrons. The Morgan fingerprint density at radius 2 is 2.22 bits per heavy atom. The van der Waals surface area contributed by atoms with Crippen molar-refractivity contribution in [2.75, 3.05) is 33.8 Å². The Morgan fingerprint density at radius 1 is 1.39 bits per heavy atom. The Morgan fingerprint density at radius 3 is 3.00 bits per heavy atom. The van der Waals surface area contributed by atoms with Crippen LogP contribution in [0, 0.1) is 0 Å². The summed E-state index contributed by atoms with van der Waals surface area (Å²) < 4.78 is 5.53. The molecule has 1 aromatic rings. The maximum Gasteiger partial charge on any atom is 0.122 e. The highest BCUT2D eigenvalue weighted by molar-refractivity contribution is 5.40. The number of hydrogen-bond donors (Lipinski definition) is 1. The second kappa shape index (κ2) is 6.21. The molecule has 1 N–H and O–H groups in total. The molecule has 0 aromatic heterocycles. The third kappa shape index (κ3) is 3.47. The molecule has 1 aliphatic heterocycles. The molecule has 100 valence electrons. The minimum Gasteiger partial charge on any atom is -0.493 e. The van der Waals surface area contributed by atoms with Gasteiger partial charge in [-0.05, 0) is 57.7 Å². The molecule has 0 amide bonds. The van der Waals surface area contributed by atoms with E-state index in [0.29, 0.717) is 6.04 Å². The molecule has 1 heterocycles. The van der Waals surface area contributed by atoms with Crippen molar-refractivity contribution in [1.82, 2.24) is 10.2 Å². The van der Waals surface area contributed by atoms with E-state index < -0.39 is 0 Å². The number of benzene rings is 1. The summed E-state index contributed by atoms with van der Waals surface area (Å²) in [6.45, 7) is 5.27. The fourth-order valence-electron chi connectivity index (χ4n) is 2.31. The molecule has 18 heavy (non-hydrogen) atoms. The Hall–Kier alpha value is -1.06. The van der Waals surface area contributed by atoms with E-state index in [9.17, 15) is 0 Å². The second-order valence-corrected chi connectivity index (χ2v) is 5.30. The van der Waals surface area contributed by atoms with Crippen molar-refractivity contribution in [2.45, 2.75) is 25.8 Å². The van der Waals surface area contributed by atoms with Gasteiger partial charge in [0.05, 0.1) is 6.61 Å². The van der Waals surface area contributed by atoms with Crippen molar-refractivity contribution in [1.29, 1.82) is 0 Å². The zero-order chi connectivity index (χ0) is 13.0. The Kier molecular flexibility index (Phi) is 4.61. The monoisotopic (exact) mass is 248 g/mol. The summed E-state index contributed by atoms with van der Waals surface area (Å²) in [6.07, 6.45) is 2.24. The smallest absolute Gasteiger partial charge is 0.122 e. The predicted octanol–water partition coefficient (Wildman–Crippen LogP) is 2.22. The number of nitrogens with zero attached hydrogens (tertiary/aromatic N) is 1. The van der Waals surface area contributed by atoms with Crippen molar-refractivity contribution in [3.8, 4) is 5.75 Å². The maximum atomic E-state index is 5.53. The Bertz CT molecular complexity index is 390. The fourth-order valence-corrected chi connectivity index (χ4v) is 2.31. The third-order valence-electron chi connectivity index (χ3n) is 3.45. The van der Waals surface area contributed by atoms with Crippen LogP contribution in [-0.4, -0.2) is 38.7 Å². The molecule has 0 saturated heterocycles. The van der Waals surface area contributed by atoms with Gasteiger partial charge in [-0.25, -0.2) is 0 Å². The number of hydrogen-bond acceptors (Lipinski definition) is 3. The molecule has 1 unspecified atom stereocenters. The largest absolute Gasteiger partial charge is 0.493 e. The molecule has 1 aliphatic rings. The standard InChI is InChI=1S/C15H24N2O/c1-12(16-8-4-9-17(2)3)13-5-6-15-14(11-13)7-10-18-15/h5-6,11-12,16H,4,7-10H2,1-3H3. The lowest BCUT2D eigenvalue weighted by molar-refractivity contribution is 0.356. The van der Waals surface area contributed by atoms with E-state index in [0.717, 1.165) is 31.9 Å². The van der Waals surface area contributed by atoms with Crippen LogP contribution < -0.4 is 10.1 Å². The summed E-state index contributed by atoms with van der Waals surface area (Å²) in [5.41, 5.74) is 2.72. The lowest BCUT2D eigenvalue weighted by atomic mass is 10.0. The molecule has 3 heteroatoms. The summed E-state index contributed by atoms with van der Waals surface area (Å²) in [5.74, 6) is 1.07. The molecule has 0 aliphatic carbocycles. The predicted molar refractivity (Wildman–Crippen MR) is 75.2 cm³/mol. The summed E-state index contributed by atoms with van der Waals surface area (Å²) in [5, 5.41) is 3.58. The summed E-state index contributed by atoms with van der Waals surface area (Å²) in [7, 11) is 4.23. The minimum atomic E-state index is 0.415. The van der Waals surface area contributed by atoms with Crippen LogP contribution in [0.15, 0.2) is 18.2 Å². The van der Waals surface area contributed by atoms with E-state index in [1.165, 1.54) is 17.5 Å². The highest BCUT2D eigenvalue weighted by Crippen LogP contribution is 2.27. The van der Waals surface area contributed by atoms with E-state index in [1.54, 1.807) is 0 Å². The molecule has 0 spiro atoms. The average molecular weight is 248 g/mol. The molecule has 0 saturated carbocycles.